The summed E-state index contributed by atoms with van der Waals surface area (Å²) in [5.41, 5.74) is 0.667. The number of thiophene rings is 1. The molecule has 1 amide bonds. The maximum absolute atomic E-state index is 12.5. The second-order valence-corrected chi connectivity index (χ2v) is 6.98. The quantitative estimate of drug-likeness (QED) is 0.501. The molecule has 124 valence electrons. The number of nitrogens with zero attached hydrogens (tertiary/aromatic N) is 2. The molecule has 0 aliphatic heterocycles. The first-order valence-corrected chi connectivity index (χ1v) is 8.77. The lowest BCUT2D eigenvalue weighted by Crippen LogP contribution is -2.10. The Balaban J connectivity index is 1.60. The molecule has 0 saturated heterocycles. The Labute approximate surface area is 156 Å². The molecule has 4 aromatic rings. The minimum atomic E-state index is -0.396. The molecule has 0 radical (unpaired) electrons. The highest BCUT2D eigenvalue weighted by Gasteiger charge is 2.19. The van der Waals surface area contributed by atoms with Crippen LogP contribution in [0.1, 0.15) is 9.67 Å². The molecule has 1 N–H and O–H groups in total. The van der Waals surface area contributed by atoms with Crippen LogP contribution >= 0.6 is 34.5 Å². The maximum atomic E-state index is 12.5. The molecule has 25 heavy (non-hydrogen) atoms. The Morgan fingerprint density at radius 3 is 2.72 bits per heavy atom. The fraction of sp³-hybridized carbons (Fsp3) is 0. The van der Waals surface area contributed by atoms with Crippen LogP contribution in [0.25, 0.3) is 21.5 Å². The monoisotopic (exact) mass is 389 g/mol. The van der Waals surface area contributed by atoms with E-state index < -0.39 is 5.91 Å². The van der Waals surface area contributed by atoms with Crippen LogP contribution in [0.4, 0.5) is 6.01 Å². The van der Waals surface area contributed by atoms with Gasteiger partial charge in [0, 0.05) is 20.7 Å². The number of fused-ring (bicyclic) bond motifs is 1. The number of nitrogens with one attached hydrogen (secondary N) is 1. The number of rotatable bonds is 3. The number of hydrogen-bond donors (Lipinski definition) is 1. The zero-order chi connectivity index (χ0) is 17.4. The Hall–Kier alpha value is -2.41. The molecule has 5 nitrogen and oxygen atoms in total. The zero-order valence-corrected chi connectivity index (χ0v) is 14.8. The standard InChI is InChI=1S/C17H9Cl2N3O2S/c18-10-5-3-4-9(8-10)16-21-22-17(24-16)20-15(23)14-13(19)11-6-1-2-7-12(11)25-14/h1-8H,(H,20,22,23). The van der Waals surface area contributed by atoms with Crippen LogP contribution in [0.3, 0.4) is 0 Å². The molecule has 2 aromatic carbocycles. The summed E-state index contributed by atoms with van der Waals surface area (Å²) in [6, 6.07) is 14.5. The van der Waals surface area contributed by atoms with Gasteiger partial charge in [-0.1, -0.05) is 52.6 Å². The van der Waals surface area contributed by atoms with Crippen molar-refractivity contribution in [3.8, 4) is 11.5 Å². The number of anilines is 1. The normalized spacial score (nSPS) is 11.0. The van der Waals surface area contributed by atoms with Gasteiger partial charge in [-0.15, -0.1) is 16.4 Å². The number of aromatic nitrogens is 2. The van der Waals surface area contributed by atoms with E-state index in [-0.39, 0.29) is 11.9 Å². The van der Waals surface area contributed by atoms with Crippen LogP contribution in [0.2, 0.25) is 10.0 Å². The lowest BCUT2D eigenvalue weighted by atomic mass is 10.2. The van der Waals surface area contributed by atoms with Crippen molar-refractivity contribution in [2.24, 2.45) is 0 Å². The van der Waals surface area contributed by atoms with Crippen molar-refractivity contribution in [3.05, 3.63) is 63.5 Å². The van der Waals surface area contributed by atoms with Crippen LogP contribution < -0.4 is 5.32 Å². The third-order valence-corrected chi connectivity index (χ3v) is 5.37. The van der Waals surface area contributed by atoms with Crippen molar-refractivity contribution in [2.75, 3.05) is 5.32 Å². The summed E-state index contributed by atoms with van der Waals surface area (Å²) in [6.07, 6.45) is 0. The molecular weight excluding hydrogens is 381 g/mol. The smallest absolute Gasteiger partial charge is 0.322 e. The van der Waals surface area contributed by atoms with Gasteiger partial charge >= 0.3 is 6.01 Å². The zero-order valence-electron chi connectivity index (χ0n) is 12.5. The highest BCUT2D eigenvalue weighted by molar-refractivity contribution is 7.21. The Bertz CT molecular complexity index is 1090. The molecule has 0 aliphatic rings. The third-order valence-electron chi connectivity index (χ3n) is 3.46. The van der Waals surface area contributed by atoms with E-state index in [0.29, 0.717) is 20.5 Å². The molecule has 0 saturated carbocycles. The Morgan fingerprint density at radius 2 is 1.92 bits per heavy atom. The van der Waals surface area contributed by atoms with Gasteiger partial charge < -0.3 is 4.42 Å². The third kappa shape index (κ3) is 3.11. The average molecular weight is 390 g/mol. The maximum Gasteiger partial charge on any atom is 0.322 e. The van der Waals surface area contributed by atoms with Crippen molar-refractivity contribution in [3.63, 3.8) is 0 Å². The molecule has 8 heteroatoms. The SMILES string of the molecule is O=C(Nc1nnc(-c2cccc(Cl)c2)o1)c1sc2ccccc2c1Cl. The number of carbonyl (C=O) groups excluding carboxylic acids is 1. The first kappa shape index (κ1) is 16.1. The molecule has 2 heterocycles. The van der Waals surface area contributed by atoms with Gasteiger partial charge in [0.25, 0.3) is 5.91 Å². The van der Waals surface area contributed by atoms with Gasteiger partial charge in [-0.2, -0.15) is 0 Å². The summed E-state index contributed by atoms with van der Waals surface area (Å²) in [4.78, 5) is 12.9. The van der Waals surface area contributed by atoms with E-state index in [0.717, 1.165) is 10.1 Å². The lowest BCUT2D eigenvalue weighted by Gasteiger charge is -1.98. The van der Waals surface area contributed by atoms with Gasteiger partial charge in [-0.25, -0.2) is 0 Å². The summed E-state index contributed by atoms with van der Waals surface area (Å²) < 4.78 is 6.41. The van der Waals surface area contributed by atoms with Gasteiger partial charge in [0.15, 0.2) is 0 Å². The van der Waals surface area contributed by atoms with Gasteiger partial charge in [0.1, 0.15) is 4.88 Å². The fourth-order valence-electron chi connectivity index (χ4n) is 2.33. The number of carbonyl (C=O) groups is 1. The molecule has 0 atom stereocenters. The van der Waals surface area contributed by atoms with Crippen LogP contribution in [0, 0.1) is 0 Å². The van der Waals surface area contributed by atoms with E-state index in [1.807, 2.05) is 24.3 Å². The van der Waals surface area contributed by atoms with Crippen LogP contribution in [0.5, 0.6) is 0 Å². The second-order valence-electron chi connectivity index (χ2n) is 5.12. The van der Waals surface area contributed by atoms with Gasteiger partial charge in [-0.05, 0) is 24.3 Å². The topological polar surface area (TPSA) is 68.0 Å². The number of halogens is 2. The highest BCUT2D eigenvalue weighted by Crippen LogP contribution is 2.35. The summed E-state index contributed by atoms with van der Waals surface area (Å²) in [7, 11) is 0. The number of amides is 1. The minimum Gasteiger partial charge on any atom is -0.403 e. The fourth-order valence-corrected chi connectivity index (χ4v) is 3.93. The first-order valence-electron chi connectivity index (χ1n) is 7.19. The van der Waals surface area contributed by atoms with E-state index in [2.05, 4.69) is 15.5 Å². The second kappa shape index (κ2) is 6.48. The van der Waals surface area contributed by atoms with Gasteiger partial charge in [-0.3, -0.25) is 10.1 Å². The van der Waals surface area contributed by atoms with Crippen LogP contribution in [0.15, 0.2) is 52.9 Å². The predicted molar refractivity (Wildman–Crippen MR) is 99.5 cm³/mol. The van der Waals surface area contributed by atoms with Crippen molar-refractivity contribution >= 4 is 56.5 Å². The largest absolute Gasteiger partial charge is 0.403 e. The summed E-state index contributed by atoms with van der Waals surface area (Å²) >= 11 is 13.6. The van der Waals surface area contributed by atoms with E-state index >= 15 is 0 Å². The molecule has 0 aliphatic carbocycles. The van der Waals surface area contributed by atoms with E-state index in [4.69, 9.17) is 27.6 Å². The average Bonchev–Trinajstić information content (AvgIpc) is 3.20. The van der Waals surface area contributed by atoms with E-state index in [9.17, 15) is 4.79 Å². The number of hydrogen-bond acceptors (Lipinski definition) is 5. The van der Waals surface area contributed by atoms with Crippen molar-refractivity contribution in [2.45, 2.75) is 0 Å². The van der Waals surface area contributed by atoms with Crippen molar-refractivity contribution in [1.29, 1.82) is 0 Å². The molecule has 4 rings (SSSR count). The van der Waals surface area contributed by atoms with Gasteiger partial charge in [0.05, 0.1) is 5.02 Å². The Kier molecular flexibility index (Phi) is 4.17. The molecule has 2 aromatic heterocycles. The molecule has 0 fully saturated rings. The lowest BCUT2D eigenvalue weighted by molar-refractivity contribution is 0.102. The molecule has 0 bridgehead atoms. The Morgan fingerprint density at radius 1 is 1.08 bits per heavy atom. The van der Waals surface area contributed by atoms with E-state index in [1.54, 1.807) is 24.3 Å². The minimum absolute atomic E-state index is 0.00602. The highest BCUT2D eigenvalue weighted by atomic mass is 35.5. The molecular formula is C17H9Cl2N3O2S. The van der Waals surface area contributed by atoms with Crippen molar-refractivity contribution in [1.82, 2.24) is 10.2 Å². The first-order chi connectivity index (χ1) is 12.1. The molecule has 0 spiro atoms. The summed E-state index contributed by atoms with van der Waals surface area (Å²) in [5, 5.41) is 12.1. The predicted octanol–water partition coefficient (Wildman–Crippen LogP) is 5.51. The number of benzene rings is 2. The van der Waals surface area contributed by atoms with Crippen LogP contribution in [-0.4, -0.2) is 16.1 Å². The van der Waals surface area contributed by atoms with Crippen LogP contribution in [-0.2, 0) is 0 Å². The van der Waals surface area contributed by atoms with E-state index in [1.165, 1.54) is 11.3 Å². The summed E-state index contributed by atoms with van der Waals surface area (Å²) in [6.45, 7) is 0. The summed E-state index contributed by atoms with van der Waals surface area (Å²) in [5.74, 6) is -0.132. The molecule has 0 unspecified atom stereocenters. The van der Waals surface area contributed by atoms with Crippen molar-refractivity contribution < 1.29 is 9.21 Å². The van der Waals surface area contributed by atoms with Gasteiger partial charge in [0.2, 0.25) is 5.89 Å².